The Morgan fingerprint density at radius 1 is 1.50 bits per heavy atom. The van der Waals surface area contributed by atoms with E-state index in [9.17, 15) is 4.79 Å². The van der Waals surface area contributed by atoms with Crippen molar-refractivity contribution < 1.29 is 9.53 Å². The molecule has 1 heterocycles. The minimum absolute atomic E-state index is 0.0319. The minimum atomic E-state index is 0.0319. The predicted molar refractivity (Wildman–Crippen MR) is 89.5 cm³/mol. The molecule has 5 heteroatoms. The molecule has 1 fully saturated rings. The zero-order chi connectivity index (χ0) is 14.7. The van der Waals surface area contributed by atoms with Gasteiger partial charge in [-0.3, -0.25) is 4.79 Å². The van der Waals surface area contributed by atoms with Crippen LogP contribution in [0.15, 0.2) is 24.3 Å². The highest BCUT2D eigenvalue weighted by atomic mass is 127. The van der Waals surface area contributed by atoms with E-state index in [1.54, 1.807) is 7.11 Å². The molecule has 1 aromatic rings. The van der Waals surface area contributed by atoms with Crippen molar-refractivity contribution in [3.63, 3.8) is 0 Å². The van der Waals surface area contributed by atoms with Gasteiger partial charge in [-0.15, -0.1) is 0 Å². The van der Waals surface area contributed by atoms with Gasteiger partial charge in [-0.1, -0.05) is 42.5 Å². The van der Waals surface area contributed by atoms with Crippen LogP contribution >= 0.6 is 22.6 Å². The van der Waals surface area contributed by atoms with Gasteiger partial charge in [0, 0.05) is 24.2 Å². The van der Waals surface area contributed by atoms with Gasteiger partial charge >= 0.3 is 0 Å². The second kappa shape index (κ2) is 6.65. The smallest absolute Gasteiger partial charge is 0.222 e. The van der Waals surface area contributed by atoms with Gasteiger partial charge in [0.05, 0.1) is 13.2 Å². The third-order valence-electron chi connectivity index (χ3n) is 3.55. The number of hydrogen-bond donors (Lipinski definition) is 1. The maximum Gasteiger partial charge on any atom is 0.222 e. The lowest BCUT2D eigenvalue weighted by molar-refractivity contribution is -0.124. The first-order valence-corrected chi connectivity index (χ1v) is 8.12. The summed E-state index contributed by atoms with van der Waals surface area (Å²) >= 11 is 2.41. The van der Waals surface area contributed by atoms with E-state index in [4.69, 9.17) is 4.74 Å². The van der Waals surface area contributed by atoms with E-state index in [0.29, 0.717) is 0 Å². The van der Waals surface area contributed by atoms with E-state index in [-0.39, 0.29) is 21.9 Å². The van der Waals surface area contributed by atoms with Crippen LogP contribution in [0.3, 0.4) is 0 Å². The molecule has 0 spiro atoms. The number of rotatable bonds is 4. The van der Waals surface area contributed by atoms with Gasteiger partial charge in [0.15, 0.2) is 0 Å². The third kappa shape index (κ3) is 3.37. The molecule has 0 saturated carbocycles. The Morgan fingerprint density at radius 3 is 2.90 bits per heavy atom. The number of amides is 1. The summed E-state index contributed by atoms with van der Waals surface area (Å²) in [6.45, 7) is 4.79. The normalized spacial score (nSPS) is 22.1. The standard InChI is InChI=1S/C15H21IN2O2/c1-10(2)15(19)17-13-7-8-18(14(13)16)11-5-4-6-12(9-11)20-3/h4-6,9-10,13-14H,7-8H2,1-3H3,(H,17,19). The summed E-state index contributed by atoms with van der Waals surface area (Å²) in [5.41, 5.74) is 1.14. The van der Waals surface area contributed by atoms with Crippen molar-refractivity contribution in [3.05, 3.63) is 24.3 Å². The highest BCUT2D eigenvalue weighted by molar-refractivity contribution is 14.1. The van der Waals surface area contributed by atoms with Crippen molar-refractivity contribution in [1.29, 1.82) is 0 Å². The Hall–Kier alpha value is -0.980. The quantitative estimate of drug-likeness (QED) is 0.490. The molecule has 0 aliphatic carbocycles. The maximum absolute atomic E-state index is 11.8. The Morgan fingerprint density at radius 2 is 2.25 bits per heavy atom. The van der Waals surface area contributed by atoms with Crippen molar-refractivity contribution in [2.24, 2.45) is 5.92 Å². The van der Waals surface area contributed by atoms with Crippen LogP contribution in [0, 0.1) is 5.92 Å². The van der Waals surface area contributed by atoms with E-state index in [1.165, 1.54) is 0 Å². The molecular weight excluding hydrogens is 367 g/mol. The molecule has 1 aromatic carbocycles. The molecule has 0 radical (unpaired) electrons. The number of ether oxygens (including phenoxy) is 1. The maximum atomic E-state index is 11.8. The molecule has 2 atom stereocenters. The predicted octanol–water partition coefficient (Wildman–Crippen LogP) is 2.81. The minimum Gasteiger partial charge on any atom is -0.497 e. The highest BCUT2D eigenvalue weighted by Gasteiger charge is 2.33. The van der Waals surface area contributed by atoms with E-state index < -0.39 is 0 Å². The number of benzene rings is 1. The van der Waals surface area contributed by atoms with Crippen LogP contribution in [0.5, 0.6) is 5.75 Å². The van der Waals surface area contributed by atoms with Crippen LogP contribution in [0.2, 0.25) is 0 Å². The second-order valence-corrected chi connectivity index (χ2v) is 6.60. The molecule has 1 aliphatic heterocycles. The van der Waals surface area contributed by atoms with Crippen molar-refractivity contribution in [3.8, 4) is 5.75 Å². The number of anilines is 1. The molecule has 0 bridgehead atoms. The fraction of sp³-hybridized carbons (Fsp3) is 0.533. The van der Waals surface area contributed by atoms with Gasteiger partial charge < -0.3 is 15.0 Å². The summed E-state index contributed by atoms with van der Waals surface area (Å²) < 4.78 is 5.54. The summed E-state index contributed by atoms with van der Waals surface area (Å²) in [6, 6.07) is 8.27. The molecule has 2 rings (SSSR count). The summed E-state index contributed by atoms with van der Waals surface area (Å²) in [5.74, 6) is 1.02. The third-order valence-corrected chi connectivity index (χ3v) is 5.09. The van der Waals surface area contributed by atoms with E-state index >= 15 is 0 Å². The molecular formula is C15H21IN2O2. The first-order valence-electron chi connectivity index (χ1n) is 6.88. The van der Waals surface area contributed by atoms with Gasteiger partial charge in [-0.05, 0) is 18.6 Å². The lowest BCUT2D eigenvalue weighted by Gasteiger charge is -2.26. The number of carbonyl (C=O) groups is 1. The van der Waals surface area contributed by atoms with Crippen LogP contribution in [0.4, 0.5) is 5.69 Å². The number of nitrogens with zero attached hydrogens (tertiary/aromatic N) is 1. The number of carbonyl (C=O) groups excluding carboxylic acids is 1. The van der Waals surface area contributed by atoms with Crippen LogP contribution in [-0.2, 0) is 4.79 Å². The fourth-order valence-electron chi connectivity index (χ4n) is 2.31. The van der Waals surface area contributed by atoms with Crippen molar-refractivity contribution in [2.45, 2.75) is 30.4 Å². The Bertz CT molecular complexity index is 479. The monoisotopic (exact) mass is 388 g/mol. The highest BCUT2D eigenvalue weighted by Crippen LogP contribution is 2.31. The summed E-state index contributed by atoms with van der Waals surface area (Å²) in [5, 5.41) is 3.14. The molecule has 2 unspecified atom stereocenters. The second-order valence-electron chi connectivity index (χ2n) is 5.33. The molecule has 4 nitrogen and oxygen atoms in total. The summed E-state index contributed by atoms with van der Waals surface area (Å²) in [7, 11) is 1.68. The van der Waals surface area contributed by atoms with Crippen LogP contribution in [0.25, 0.3) is 0 Å². The number of methoxy groups -OCH3 is 1. The Kier molecular flexibility index (Phi) is 5.12. The van der Waals surface area contributed by atoms with E-state index in [0.717, 1.165) is 24.4 Å². The molecule has 1 N–H and O–H groups in total. The number of alkyl halides is 1. The van der Waals surface area contributed by atoms with Gasteiger partial charge in [-0.2, -0.15) is 0 Å². The zero-order valence-corrected chi connectivity index (χ0v) is 14.3. The molecule has 110 valence electrons. The lowest BCUT2D eigenvalue weighted by Crippen LogP contribution is -2.43. The average molecular weight is 388 g/mol. The number of hydrogen-bond acceptors (Lipinski definition) is 3. The largest absolute Gasteiger partial charge is 0.497 e. The van der Waals surface area contributed by atoms with Gasteiger partial charge in [0.2, 0.25) is 5.91 Å². The Labute approximate surface area is 134 Å². The molecule has 20 heavy (non-hydrogen) atoms. The molecule has 1 amide bonds. The Balaban J connectivity index is 2.06. The van der Waals surface area contributed by atoms with Gasteiger partial charge in [-0.25, -0.2) is 0 Å². The van der Waals surface area contributed by atoms with Crippen molar-refractivity contribution in [1.82, 2.24) is 5.32 Å². The summed E-state index contributed by atoms with van der Waals surface area (Å²) in [6.07, 6.45) is 0.975. The van der Waals surface area contributed by atoms with Crippen LogP contribution in [-0.4, -0.2) is 29.7 Å². The first-order chi connectivity index (χ1) is 9.52. The topological polar surface area (TPSA) is 41.6 Å². The SMILES string of the molecule is COc1cccc(N2CCC(NC(=O)C(C)C)C2I)c1. The molecule has 1 aliphatic rings. The first kappa shape index (κ1) is 15.4. The van der Waals surface area contributed by atoms with Crippen LogP contribution < -0.4 is 15.0 Å². The van der Waals surface area contributed by atoms with Gasteiger partial charge in [0.1, 0.15) is 9.80 Å². The van der Waals surface area contributed by atoms with Crippen LogP contribution in [0.1, 0.15) is 20.3 Å². The summed E-state index contributed by atoms with van der Waals surface area (Å²) in [4.78, 5) is 14.1. The lowest BCUT2D eigenvalue weighted by atomic mass is 10.2. The van der Waals surface area contributed by atoms with E-state index in [2.05, 4.69) is 38.9 Å². The van der Waals surface area contributed by atoms with Crippen molar-refractivity contribution >= 4 is 34.2 Å². The fourth-order valence-corrected chi connectivity index (χ4v) is 3.45. The van der Waals surface area contributed by atoms with Crippen molar-refractivity contribution in [2.75, 3.05) is 18.6 Å². The van der Waals surface area contributed by atoms with Gasteiger partial charge in [0.25, 0.3) is 0 Å². The molecule has 1 saturated heterocycles. The average Bonchev–Trinajstić information content (AvgIpc) is 2.80. The zero-order valence-electron chi connectivity index (χ0n) is 12.1. The number of halogens is 1. The van der Waals surface area contributed by atoms with E-state index in [1.807, 2.05) is 32.0 Å². The molecule has 0 aromatic heterocycles. The number of nitrogens with one attached hydrogen (secondary N) is 1.